The van der Waals surface area contributed by atoms with E-state index in [1.807, 2.05) is 17.5 Å². The van der Waals surface area contributed by atoms with Crippen molar-refractivity contribution in [2.24, 2.45) is 0 Å². The van der Waals surface area contributed by atoms with Gasteiger partial charge >= 0.3 is 0 Å². The second kappa shape index (κ2) is 11.6. The fourth-order valence-corrected chi connectivity index (χ4v) is 7.36. The number of benzene rings is 4. The average molecular weight is 597 g/mol. The molecule has 2 aromatic heterocycles. The first kappa shape index (κ1) is 30.2. The van der Waals surface area contributed by atoms with Crippen molar-refractivity contribution >= 4 is 32.3 Å². The van der Waals surface area contributed by atoms with Gasteiger partial charge in [-0.1, -0.05) is 105 Å². The zero-order chi connectivity index (χ0) is 31.3. The molecule has 0 aliphatic rings. The summed E-state index contributed by atoms with van der Waals surface area (Å²) in [5, 5.41) is 3.69. The molecule has 0 fully saturated rings. The third-order valence-electron chi connectivity index (χ3n) is 8.79. The smallest absolute Gasteiger partial charge is 0.125 e. The first-order chi connectivity index (χ1) is 20.9. The van der Waals surface area contributed by atoms with Gasteiger partial charge in [0, 0.05) is 17.3 Å². The zero-order valence-electron chi connectivity index (χ0n) is 27.6. The topological polar surface area (TPSA) is 25.8 Å². The van der Waals surface area contributed by atoms with Gasteiger partial charge in [0.25, 0.3) is 0 Å². The highest BCUT2D eigenvalue weighted by molar-refractivity contribution is 7.21. The van der Waals surface area contributed by atoms with Crippen molar-refractivity contribution < 1.29 is 0 Å². The van der Waals surface area contributed by atoms with E-state index in [0.29, 0.717) is 17.8 Å². The van der Waals surface area contributed by atoms with Crippen molar-refractivity contribution in [2.75, 3.05) is 0 Å². The molecule has 0 saturated heterocycles. The van der Waals surface area contributed by atoms with E-state index in [4.69, 9.17) is 9.97 Å². The summed E-state index contributed by atoms with van der Waals surface area (Å²) in [5.41, 5.74) is 12.5. The Kier molecular flexibility index (Phi) is 7.96. The minimum atomic E-state index is 0.0299. The number of fused-ring (bicyclic) bond motifs is 2. The van der Waals surface area contributed by atoms with Crippen LogP contribution in [0.25, 0.3) is 53.9 Å². The molecule has 0 bridgehead atoms. The van der Waals surface area contributed by atoms with Crippen molar-refractivity contribution in [1.82, 2.24) is 9.97 Å². The molecule has 0 unspecified atom stereocenters. The molecule has 224 valence electrons. The normalized spacial score (nSPS) is 12.4. The van der Waals surface area contributed by atoms with Crippen LogP contribution in [0.3, 0.4) is 0 Å². The summed E-state index contributed by atoms with van der Waals surface area (Å²) in [4.78, 5) is 10.0. The predicted octanol–water partition coefficient (Wildman–Crippen LogP) is 12.5. The number of nitrogens with zero attached hydrogens (tertiary/aromatic N) is 2. The Balaban J connectivity index is 1.44. The molecule has 3 heteroatoms. The van der Waals surface area contributed by atoms with Crippen LogP contribution < -0.4 is 0 Å². The first-order valence-electron chi connectivity index (χ1n) is 16.0. The lowest BCUT2D eigenvalue weighted by Gasteiger charge is -2.22. The van der Waals surface area contributed by atoms with Crippen molar-refractivity contribution in [1.29, 1.82) is 0 Å². The second-order valence-electron chi connectivity index (χ2n) is 14.2. The predicted molar refractivity (Wildman–Crippen MR) is 192 cm³/mol. The van der Waals surface area contributed by atoms with Crippen LogP contribution in [0.4, 0.5) is 0 Å². The highest BCUT2D eigenvalue weighted by Gasteiger charge is 2.22. The van der Waals surface area contributed by atoms with Gasteiger partial charge in [0.15, 0.2) is 0 Å². The summed E-state index contributed by atoms with van der Waals surface area (Å²) >= 11 is 1.82. The van der Waals surface area contributed by atoms with Crippen LogP contribution in [0, 0.1) is 0 Å². The Hall–Kier alpha value is -3.82. The average Bonchev–Trinajstić information content (AvgIpc) is 3.42. The van der Waals surface area contributed by atoms with E-state index in [1.54, 1.807) is 0 Å². The molecule has 0 spiro atoms. The van der Waals surface area contributed by atoms with Gasteiger partial charge in [-0.3, -0.25) is 4.98 Å². The highest BCUT2D eigenvalue weighted by atomic mass is 32.1. The lowest BCUT2D eigenvalue weighted by atomic mass is 9.82. The molecule has 0 amide bonds. The fraction of sp³-hybridized carbons (Fsp3) is 0.317. The van der Waals surface area contributed by atoms with Crippen molar-refractivity contribution in [3.05, 3.63) is 107 Å². The van der Waals surface area contributed by atoms with Crippen molar-refractivity contribution in [3.63, 3.8) is 0 Å². The molecular weight excluding hydrogens is 553 g/mol. The van der Waals surface area contributed by atoms with E-state index in [0.717, 1.165) is 21.8 Å². The summed E-state index contributed by atoms with van der Waals surface area (Å²) in [7, 11) is 0. The van der Waals surface area contributed by atoms with Gasteiger partial charge in [-0.2, -0.15) is 0 Å². The Morgan fingerprint density at radius 2 is 1.34 bits per heavy atom. The minimum Gasteiger partial charge on any atom is -0.256 e. The highest BCUT2D eigenvalue weighted by Crippen LogP contribution is 2.42. The van der Waals surface area contributed by atoms with Crippen LogP contribution in [0.1, 0.15) is 102 Å². The number of hydrogen-bond acceptors (Lipinski definition) is 3. The van der Waals surface area contributed by atoms with E-state index in [2.05, 4.69) is 141 Å². The molecule has 0 aliphatic carbocycles. The fourth-order valence-electron chi connectivity index (χ4n) is 6.26. The molecule has 0 N–H and O–H groups in total. The molecule has 2 heterocycles. The number of aromatic nitrogens is 2. The quantitative estimate of drug-likeness (QED) is 0.191. The maximum atomic E-state index is 5.21. The zero-order valence-corrected chi connectivity index (χ0v) is 28.4. The number of pyridine rings is 1. The molecule has 44 heavy (non-hydrogen) atoms. The van der Waals surface area contributed by atoms with Crippen LogP contribution in [0.15, 0.2) is 85.1 Å². The maximum Gasteiger partial charge on any atom is 0.125 e. The Labute approximate surface area is 267 Å². The first-order valence-corrected chi connectivity index (χ1v) is 16.8. The van der Waals surface area contributed by atoms with Crippen LogP contribution in [-0.2, 0) is 5.41 Å². The van der Waals surface area contributed by atoms with Gasteiger partial charge in [0.2, 0.25) is 0 Å². The molecule has 2 nitrogen and oxygen atoms in total. The largest absolute Gasteiger partial charge is 0.256 e. The van der Waals surface area contributed by atoms with Crippen molar-refractivity contribution in [3.8, 4) is 33.0 Å². The summed E-state index contributed by atoms with van der Waals surface area (Å²) in [6, 6.07) is 29.2. The van der Waals surface area contributed by atoms with Gasteiger partial charge < -0.3 is 0 Å². The summed E-state index contributed by atoms with van der Waals surface area (Å²) in [5.74, 6) is 1.35. The van der Waals surface area contributed by atoms with E-state index < -0.39 is 0 Å². The van der Waals surface area contributed by atoms with Gasteiger partial charge in [0.05, 0.1) is 15.9 Å². The molecule has 6 rings (SSSR count). The third-order valence-corrected chi connectivity index (χ3v) is 9.83. The lowest BCUT2D eigenvalue weighted by Crippen LogP contribution is -2.12. The lowest BCUT2D eigenvalue weighted by molar-refractivity contribution is 0.596. The third kappa shape index (κ3) is 5.71. The van der Waals surface area contributed by atoms with Crippen LogP contribution in [-0.4, -0.2) is 9.97 Å². The summed E-state index contributed by atoms with van der Waals surface area (Å²) in [6.45, 7) is 20.7. The monoisotopic (exact) mass is 596 g/mol. The van der Waals surface area contributed by atoms with E-state index in [1.165, 1.54) is 54.4 Å². The SMILES string of the molecule is CC(C)c1cc(C(C)C)c(-c2nc3ccc(-c4ccnc(-c5cc(C(C)(C)C)c6ccccc6c5)c4)cc3s2)c(C(C)C)c1. The standard InChI is InChI=1S/C41H44N2S/c1-24(2)30-19-33(25(3)4)39(34(20-30)26(5)6)40-43-36-15-14-27(23-38(36)44-40)28-16-17-42-37(22-28)31-18-29-12-10-11-13-32(29)35(21-31)41(7,8)9/h10-26H,1-9H3. The summed E-state index contributed by atoms with van der Waals surface area (Å²) in [6.07, 6.45) is 1.94. The van der Waals surface area contributed by atoms with Crippen molar-refractivity contribution in [2.45, 2.75) is 85.5 Å². The van der Waals surface area contributed by atoms with Gasteiger partial charge in [-0.15, -0.1) is 11.3 Å². The van der Waals surface area contributed by atoms with Gasteiger partial charge in [0.1, 0.15) is 5.01 Å². The van der Waals surface area contributed by atoms with Crippen LogP contribution >= 0.6 is 11.3 Å². The molecular formula is C41H44N2S. The molecule has 6 aromatic rings. The van der Waals surface area contributed by atoms with Crippen LogP contribution in [0.5, 0.6) is 0 Å². The second-order valence-corrected chi connectivity index (χ2v) is 15.2. The van der Waals surface area contributed by atoms with Gasteiger partial charge in [-0.25, -0.2) is 4.98 Å². The van der Waals surface area contributed by atoms with Crippen LogP contribution in [0.2, 0.25) is 0 Å². The molecule has 4 aromatic carbocycles. The molecule has 0 radical (unpaired) electrons. The Bertz CT molecular complexity index is 1960. The Morgan fingerprint density at radius 3 is 2.00 bits per heavy atom. The molecule has 0 atom stereocenters. The molecule has 0 saturated carbocycles. The van der Waals surface area contributed by atoms with E-state index >= 15 is 0 Å². The molecule has 0 aliphatic heterocycles. The number of hydrogen-bond donors (Lipinski definition) is 0. The van der Waals surface area contributed by atoms with Gasteiger partial charge in [-0.05, 0) is 104 Å². The Morgan fingerprint density at radius 1 is 0.659 bits per heavy atom. The minimum absolute atomic E-state index is 0.0299. The number of thiazole rings is 1. The number of rotatable bonds is 6. The summed E-state index contributed by atoms with van der Waals surface area (Å²) < 4.78 is 1.22. The van der Waals surface area contributed by atoms with E-state index in [-0.39, 0.29) is 5.41 Å². The maximum absolute atomic E-state index is 5.21. The van der Waals surface area contributed by atoms with E-state index in [9.17, 15) is 0 Å².